The quantitative estimate of drug-likeness (QED) is 0.377. The van der Waals surface area contributed by atoms with Crippen LogP contribution in [0.5, 0.6) is 0 Å². The van der Waals surface area contributed by atoms with Gasteiger partial charge in [0.2, 0.25) is 5.91 Å². The van der Waals surface area contributed by atoms with E-state index in [1.165, 1.54) is 0 Å². The average Bonchev–Trinajstić information content (AvgIpc) is 3.31. The van der Waals surface area contributed by atoms with Crippen LogP contribution < -0.4 is 5.32 Å². The first-order valence-electron chi connectivity index (χ1n) is 8.97. The highest BCUT2D eigenvalue weighted by molar-refractivity contribution is 14.0. The lowest BCUT2D eigenvalue weighted by atomic mass is 9.87. The maximum Gasteiger partial charge on any atom is 0.243 e. The Balaban J connectivity index is 0.00000225. The van der Waals surface area contributed by atoms with Crippen molar-refractivity contribution in [3.8, 4) is 0 Å². The summed E-state index contributed by atoms with van der Waals surface area (Å²) in [5.74, 6) is 1.42. The molecule has 0 saturated carbocycles. The number of aliphatic imine (C=N–C) groups is 1. The molecule has 2 unspecified atom stereocenters. The Morgan fingerprint density at radius 2 is 2.16 bits per heavy atom. The summed E-state index contributed by atoms with van der Waals surface area (Å²) in [5.41, 5.74) is 0.282. The molecule has 3 heterocycles. The third-order valence-corrected chi connectivity index (χ3v) is 5.36. The van der Waals surface area contributed by atoms with E-state index in [4.69, 9.17) is 9.47 Å². The molecule has 3 rings (SSSR count). The maximum atomic E-state index is 11.9. The standard InChI is InChI=1S/C17H30N4O3.HI/c1-20(2)15(22)10-19-16(18-9-14-3-7-23-11-14)21-6-4-17(12-21)5-8-24-13-17;/h14H,3-13H2,1-2H3,(H,18,19);1H. The second-order valence-electron chi connectivity index (χ2n) is 7.51. The van der Waals surface area contributed by atoms with E-state index >= 15 is 0 Å². The summed E-state index contributed by atoms with van der Waals surface area (Å²) in [7, 11) is 3.53. The van der Waals surface area contributed by atoms with Crippen LogP contribution in [0.1, 0.15) is 19.3 Å². The van der Waals surface area contributed by atoms with Gasteiger partial charge in [-0.3, -0.25) is 4.79 Å². The number of nitrogens with zero attached hydrogens (tertiary/aromatic N) is 3. The number of guanidine groups is 1. The van der Waals surface area contributed by atoms with Gasteiger partial charge in [0, 0.05) is 58.3 Å². The van der Waals surface area contributed by atoms with Crippen LogP contribution in [0, 0.1) is 11.3 Å². The Morgan fingerprint density at radius 1 is 1.32 bits per heavy atom. The highest BCUT2D eigenvalue weighted by Crippen LogP contribution is 2.38. The molecule has 0 aromatic rings. The van der Waals surface area contributed by atoms with Crippen molar-refractivity contribution >= 4 is 35.8 Å². The van der Waals surface area contributed by atoms with Crippen LogP contribution in [0.25, 0.3) is 0 Å². The highest BCUT2D eigenvalue weighted by atomic mass is 127. The summed E-state index contributed by atoms with van der Waals surface area (Å²) < 4.78 is 11.1. The first-order chi connectivity index (χ1) is 11.6. The van der Waals surface area contributed by atoms with Gasteiger partial charge in [0.05, 0.1) is 13.2 Å². The lowest BCUT2D eigenvalue weighted by Gasteiger charge is -2.26. The van der Waals surface area contributed by atoms with E-state index in [0.717, 1.165) is 71.3 Å². The third-order valence-electron chi connectivity index (χ3n) is 5.36. The molecule has 1 N–H and O–H groups in total. The molecule has 1 amide bonds. The first kappa shape index (κ1) is 20.7. The molecule has 7 nitrogen and oxygen atoms in total. The van der Waals surface area contributed by atoms with E-state index in [1.807, 2.05) is 0 Å². The Kier molecular flexibility index (Phi) is 7.75. The molecule has 1 spiro atoms. The molecule has 3 aliphatic rings. The molecule has 3 aliphatic heterocycles. The van der Waals surface area contributed by atoms with E-state index < -0.39 is 0 Å². The van der Waals surface area contributed by atoms with Crippen molar-refractivity contribution in [2.45, 2.75) is 19.3 Å². The zero-order valence-corrected chi connectivity index (χ0v) is 17.7. The molecule has 0 bridgehead atoms. The van der Waals surface area contributed by atoms with Crippen LogP contribution in [0.3, 0.4) is 0 Å². The summed E-state index contributed by atoms with van der Waals surface area (Å²) in [6.45, 7) is 6.38. The van der Waals surface area contributed by atoms with Gasteiger partial charge >= 0.3 is 0 Å². The van der Waals surface area contributed by atoms with Crippen molar-refractivity contribution in [2.24, 2.45) is 16.3 Å². The van der Waals surface area contributed by atoms with Gasteiger partial charge in [0.25, 0.3) is 0 Å². The minimum absolute atomic E-state index is 0. The largest absolute Gasteiger partial charge is 0.381 e. The number of amides is 1. The molecule has 0 radical (unpaired) electrons. The second kappa shape index (κ2) is 9.36. The summed E-state index contributed by atoms with van der Waals surface area (Å²) in [6.07, 6.45) is 3.36. The van der Waals surface area contributed by atoms with Crippen LogP contribution in [0.15, 0.2) is 4.99 Å². The van der Waals surface area contributed by atoms with Crippen LogP contribution in [-0.2, 0) is 14.3 Å². The van der Waals surface area contributed by atoms with Crippen molar-refractivity contribution in [2.75, 3.05) is 66.7 Å². The van der Waals surface area contributed by atoms with Crippen molar-refractivity contribution in [3.63, 3.8) is 0 Å². The maximum absolute atomic E-state index is 11.9. The molecule has 8 heteroatoms. The number of carbonyl (C=O) groups excluding carboxylic acids is 1. The Hall–Kier alpha value is -0.610. The highest BCUT2D eigenvalue weighted by Gasteiger charge is 2.42. The Morgan fingerprint density at radius 3 is 2.80 bits per heavy atom. The number of ether oxygens (including phenoxy) is 2. The zero-order chi connectivity index (χ0) is 17.0. The molecule has 0 aromatic heterocycles. The predicted molar refractivity (Wildman–Crippen MR) is 107 cm³/mol. The molecule has 25 heavy (non-hydrogen) atoms. The molecule has 3 fully saturated rings. The number of nitrogens with one attached hydrogen (secondary N) is 1. The van der Waals surface area contributed by atoms with Gasteiger partial charge in [-0.05, 0) is 19.3 Å². The Bertz CT molecular complexity index is 475. The van der Waals surface area contributed by atoms with Gasteiger partial charge in [-0.1, -0.05) is 0 Å². The summed E-state index contributed by atoms with van der Waals surface area (Å²) in [4.78, 5) is 20.4. The molecule has 3 saturated heterocycles. The fraction of sp³-hybridized carbons (Fsp3) is 0.882. The molecule has 0 aliphatic carbocycles. The van der Waals surface area contributed by atoms with E-state index in [0.29, 0.717) is 5.92 Å². The van der Waals surface area contributed by atoms with Crippen molar-refractivity contribution in [1.82, 2.24) is 15.1 Å². The minimum Gasteiger partial charge on any atom is -0.381 e. The number of hydrogen-bond donors (Lipinski definition) is 1. The van der Waals surface area contributed by atoms with Gasteiger partial charge in [-0.2, -0.15) is 0 Å². The molecule has 0 aromatic carbocycles. The topological polar surface area (TPSA) is 66.4 Å². The monoisotopic (exact) mass is 466 g/mol. The number of likely N-dealkylation sites (N-methyl/N-ethyl adjacent to an activating group) is 1. The van der Waals surface area contributed by atoms with Crippen molar-refractivity contribution < 1.29 is 14.3 Å². The van der Waals surface area contributed by atoms with Crippen LogP contribution in [0.2, 0.25) is 0 Å². The van der Waals surface area contributed by atoms with Crippen molar-refractivity contribution in [3.05, 3.63) is 0 Å². The summed E-state index contributed by atoms with van der Waals surface area (Å²) in [6, 6.07) is 0. The lowest BCUT2D eigenvalue weighted by Crippen LogP contribution is -2.44. The SMILES string of the molecule is CN(C)C(=O)CN=C(NCC1CCOC1)N1CCC2(CCOC2)C1.I. The Labute approximate surface area is 167 Å². The van der Waals surface area contributed by atoms with Crippen LogP contribution in [0.4, 0.5) is 0 Å². The number of halogens is 1. The third kappa shape index (κ3) is 5.43. The summed E-state index contributed by atoms with van der Waals surface area (Å²) in [5, 5.41) is 3.49. The number of carbonyl (C=O) groups is 1. The minimum atomic E-state index is 0. The second-order valence-corrected chi connectivity index (χ2v) is 7.51. The molecular weight excluding hydrogens is 435 g/mol. The first-order valence-corrected chi connectivity index (χ1v) is 8.97. The zero-order valence-electron chi connectivity index (χ0n) is 15.3. The average molecular weight is 466 g/mol. The van der Waals surface area contributed by atoms with E-state index in [-0.39, 0.29) is 41.8 Å². The number of rotatable bonds is 4. The summed E-state index contributed by atoms with van der Waals surface area (Å²) >= 11 is 0. The van der Waals surface area contributed by atoms with E-state index in [2.05, 4.69) is 15.2 Å². The van der Waals surface area contributed by atoms with Crippen LogP contribution in [-0.4, -0.2) is 88.4 Å². The van der Waals surface area contributed by atoms with Gasteiger partial charge in [-0.15, -0.1) is 24.0 Å². The molecular formula is C17H31IN4O3. The number of likely N-dealkylation sites (tertiary alicyclic amines) is 1. The van der Waals surface area contributed by atoms with Gasteiger partial charge in [0.15, 0.2) is 5.96 Å². The van der Waals surface area contributed by atoms with Crippen molar-refractivity contribution in [1.29, 1.82) is 0 Å². The molecule has 2 atom stereocenters. The van der Waals surface area contributed by atoms with Gasteiger partial charge in [0.1, 0.15) is 6.54 Å². The van der Waals surface area contributed by atoms with Gasteiger partial charge in [-0.25, -0.2) is 4.99 Å². The predicted octanol–water partition coefficient (Wildman–Crippen LogP) is 0.787. The number of hydrogen-bond acceptors (Lipinski definition) is 4. The molecule has 144 valence electrons. The van der Waals surface area contributed by atoms with Crippen LogP contribution >= 0.6 is 24.0 Å². The fourth-order valence-corrected chi connectivity index (χ4v) is 3.62. The lowest BCUT2D eigenvalue weighted by molar-refractivity contribution is -0.127. The normalized spacial score (nSPS) is 29.1. The van der Waals surface area contributed by atoms with E-state index in [1.54, 1.807) is 19.0 Å². The smallest absolute Gasteiger partial charge is 0.243 e. The van der Waals surface area contributed by atoms with Gasteiger partial charge < -0.3 is 24.6 Å². The van der Waals surface area contributed by atoms with E-state index in [9.17, 15) is 4.79 Å². The fourth-order valence-electron chi connectivity index (χ4n) is 3.62.